The topological polar surface area (TPSA) is 61.8 Å². The van der Waals surface area contributed by atoms with E-state index in [0.29, 0.717) is 0 Å². The molecule has 2 heterocycles. The summed E-state index contributed by atoms with van der Waals surface area (Å²) in [5, 5.41) is 0. The van der Waals surface area contributed by atoms with Gasteiger partial charge in [-0.25, -0.2) is 0 Å². The third-order valence-corrected chi connectivity index (χ3v) is 5.21. The predicted octanol–water partition coefficient (Wildman–Crippen LogP) is 2.24. The van der Waals surface area contributed by atoms with Crippen LogP contribution in [0.5, 0.6) is 0 Å². The van der Waals surface area contributed by atoms with Gasteiger partial charge in [-0.15, -0.1) is 0 Å². The normalized spacial score (nSPS) is 37.8. The minimum Gasteiger partial charge on any atom is -0.465 e. The maximum absolute atomic E-state index is 12.6. The zero-order chi connectivity index (χ0) is 16.0. The smallest absolute Gasteiger partial charge is 0.316 e. The Hall–Kier alpha value is -1.36. The third-order valence-electron chi connectivity index (χ3n) is 5.21. The summed E-state index contributed by atoms with van der Waals surface area (Å²) in [6.07, 6.45) is -0.869. The second-order valence-electron chi connectivity index (χ2n) is 6.11. The van der Waals surface area contributed by atoms with Crippen LogP contribution in [0.25, 0.3) is 0 Å². The highest BCUT2D eigenvalue weighted by Gasteiger charge is 2.73. The van der Waals surface area contributed by atoms with Crippen LogP contribution >= 0.6 is 0 Å². The number of fused-ring (bicyclic) bond motifs is 2. The zero-order valence-corrected chi connectivity index (χ0v) is 13.6. The molecule has 5 heteroatoms. The van der Waals surface area contributed by atoms with Crippen LogP contribution in [0.2, 0.25) is 0 Å². The Bertz CT molecular complexity index is 465. The molecule has 0 spiro atoms. The Morgan fingerprint density at radius 1 is 0.952 bits per heavy atom. The quantitative estimate of drug-likeness (QED) is 0.588. The van der Waals surface area contributed by atoms with Gasteiger partial charge in [0.15, 0.2) is 0 Å². The molecule has 2 aliphatic heterocycles. The maximum atomic E-state index is 12.6. The van der Waals surface area contributed by atoms with Crippen molar-refractivity contribution < 1.29 is 23.8 Å². The molecule has 5 nitrogen and oxygen atoms in total. The van der Waals surface area contributed by atoms with Crippen LogP contribution in [0.15, 0.2) is 11.1 Å². The SMILES string of the molecule is CCOC(=O)C1(C)C2OC(C(C)=C2C)C1(C)C(=O)OCC. The van der Waals surface area contributed by atoms with Gasteiger partial charge in [0.1, 0.15) is 10.8 Å². The Morgan fingerprint density at radius 3 is 1.57 bits per heavy atom. The molecule has 0 amide bonds. The number of hydrogen-bond acceptors (Lipinski definition) is 5. The Kier molecular flexibility index (Phi) is 3.91. The highest BCUT2D eigenvalue weighted by atomic mass is 16.6. The first-order valence-electron chi connectivity index (χ1n) is 7.43. The minimum atomic E-state index is -1.07. The van der Waals surface area contributed by atoms with E-state index in [-0.39, 0.29) is 13.2 Å². The van der Waals surface area contributed by atoms with E-state index < -0.39 is 35.0 Å². The van der Waals surface area contributed by atoms with E-state index in [1.54, 1.807) is 27.7 Å². The summed E-state index contributed by atoms with van der Waals surface area (Å²) in [6.45, 7) is 11.4. The molecule has 0 N–H and O–H groups in total. The average Bonchev–Trinajstić information content (AvgIpc) is 2.86. The molecule has 0 aromatic carbocycles. The van der Waals surface area contributed by atoms with Gasteiger partial charge in [-0.1, -0.05) is 0 Å². The van der Waals surface area contributed by atoms with Crippen LogP contribution in [0, 0.1) is 10.8 Å². The van der Waals surface area contributed by atoms with Crippen molar-refractivity contribution >= 4 is 11.9 Å². The Morgan fingerprint density at radius 2 is 1.29 bits per heavy atom. The Labute approximate surface area is 125 Å². The fourth-order valence-electron chi connectivity index (χ4n) is 3.64. The summed E-state index contributed by atoms with van der Waals surface area (Å²) >= 11 is 0. The highest BCUT2D eigenvalue weighted by Crippen LogP contribution is 2.62. The molecule has 118 valence electrons. The molecule has 2 aliphatic rings. The molecule has 2 rings (SSSR count). The average molecular weight is 296 g/mol. The summed E-state index contributed by atoms with van der Waals surface area (Å²) in [5.41, 5.74) is -0.109. The summed E-state index contributed by atoms with van der Waals surface area (Å²) in [7, 11) is 0. The van der Waals surface area contributed by atoms with Gasteiger partial charge in [0.2, 0.25) is 0 Å². The van der Waals surface area contributed by atoms with Crippen LogP contribution in [0.4, 0.5) is 0 Å². The van der Waals surface area contributed by atoms with E-state index in [2.05, 4.69) is 0 Å². The monoisotopic (exact) mass is 296 g/mol. The molecule has 0 radical (unpaired) electrons. The number of rotatable bonds is 4. The standard InChI is InChI=1S/C16H24O5/c1-7-19-13(17)15(5)11-9(3)10(4)12(21-11)16(15,6)14(18)20-8-2/h11-12H,7-8H2,1-6H3. The Balaban J connectivity index is 2.55. The fourth-order valence-corrected chi connectivity index (χ4v) is 3.64. The van der Waals surface area contributed by atoms with Gasteiger partial charge in [-0.2, -0.15) is 0 Å². The van der Waals surface area contributed by atoms with Gasteiger partial charge in [0, 0.05) is 0 Å². The lowest BCUT2D eigenvalue weighted by Gasteiger charge is -2.43. The fraction of sp³-hybridized carbons (Fsp3) is 0.750. The molecule has 4 atom stereocenters. The zero-order valence-electron chi connectivity index (χ0n) is 13.6. The molecule has 4 unspecified atom stereocenters. The van der Waals surface area contributed by atoms with Gasteiger partial charge in [-0.3, -0.25) is 9.59 Å². The van der Waals surface area contributed by atoms with E-state index in [1.165, 1.54) is 0 Å². The lowest BCUT2D eigenvalue weighted by molar-refractivity contribution is -0.176. The highest BCUT2D eigenvalue weighted by molar-refractivity contribution is 5.91. The van der Waals surface area contributed by atoms with Crippen LogP contribution in [0.1, 0.15) is 41.5 Å². The molecule has 0 aromatic heterocycles. The van der Waals surface area contributed by atoms with Crippen molar-refractivity contribution in [2.24, 2.45) is 10.8 Å². The van der Waals surface area contributed by atoms with Crippen LogP contribution in [-0.4, -0.2) is 37.4 Å². The molecular weight excluding hydrogens is 272 g/mol. The second-order valence-corrected chi connectivity index (χ2v) is 6.11. The van der Waals surface area contributed by atoms with Crippen molar-refractivity contribution in [1.29, 1.82) is 0 Å². The van der Waals surface area contributed by atoms with Gasteiger partial charge in [-0.05, 0) is 52.7 Å². The number of carbonyl (C=O) groups excluding carboxylic acids is 2. The largest absolute Gasteiger partial charge is 0.465 e. The van der Waals surface area contributed by atoms with Gasteiger partial charge >= 0.3 is 11.9 Å². The van der Waals surface area contributed by atoms with Gasteiger partial charge in [0.05, 0.1) is 25.4 Å². The molecule has 21 heavy (non-hydrogen) atoms. The van der Waals surface area contributed by atoms with Crippen molar-refractivity contribution in [3.05, 3.63) is 11.1 Å². The van der Waals surface area contributed by atoms with Crippen LogP contribution in [0.3, 0.4) is 0 Å². The van der Waals surface area contributed by atoms with Crippen LogP contribution < -0.4 is 0 Å². The van der Waals surface area contributed by atoms with E-state index in [1.807, 2.05) is 13.8 Å². The molecule has 0 aliphatic carbocycles. The number of hydrogen-bond donors (Lipinski definition) is 0. The van der Waals surface area contributed by atoms with Crippen molar-refractivity contribution in [2.75, 3.05) is 13.2 Å². The molecule has 1 saturated heterocycles. The van der Waals surface area contributed by atoms with Crippen molar-refractivity contribution in [3.63, 3.8) is 0 Å². The van der Waals surface area contributed by atoms with Gasteiger partial charge in [0.25, 0.3) is 0 Å². The minimum absolute atomic E-state index is 0.270. The maximum Gasteiger partial charge on any atom is 0.316 e. The van der Waals surface area contributed by atoms with E-state index in [0.717, 1.165) is 11.1 Å². The molecule has 2 bridgehead atoms. The first-order chi connectivity index (χ1) is 9.76. The van der Waals surface area contributed by atoms with E-state index in [9.17, 15) is 9.59 Å². The van der Waals surface area contributed by atoms with Crippen LogP contribution in [-0.2, 0) is 23.8 Å². The van der Waals surface area contributed by atoms with Crippen molar-refractivity contribution in [3.8, 4) is 0 Å². The third kappa shape index (κ3) is 1.79. The first kappa shape index (κ1) is 16.0. The molecular formula is C16H24O5. The molecule has 0 aromatic rings. The van der Waals surface area contributed by atoms with Crippen molar-refractivity contribution in [1.82, 2.24) is 0 Å². The lowest BCUT2D eigenvalue weighted by atomic mass is 9.56. The summed E-state index contributed by atoms with van der Waals surface area (Å²) < 4.78 is 16.5. The number of ether oxygens (including phenoxy) is 3. The first-order valence-corrected chi connectivity index (χ1v) is 7.43. The van der Waals surface area contributed by atoms with E-state index >= 15 is 0 Å². The lowest BCUT2D eigenvalue weighted by Crippen LogP contribution is -2.57. The second kappa shape index (κ2) is 5.13. The molecule has 0 saturated carbocycles. The van der Waals surface area contributed by atoms with E-state index in [4.69, 9.17) is 14.2 Å². The predicted molar refractivity (Wildman–Crippen MR) is 76.5 cm³/mol. The van der Waals surface area contributed by atoms with Crippen molar-refractivity contribution in [2.45, 2.75) is 53.8 Å². The summed E-state index contributed by atoms with van der Waals surface area (Å²) in [6, 6.07) is 0. The molecule has 1 fully saturated rings. The summed E-state index contributed by atoms with van der Waals surface area (Å²) in [5.74, 6) is -0.806. The van der Waals surface area contributed by atoms with Gasteiger partial charge < -0.3 is 14.2 Å². The summed E-state index contributed by atoms with van der Waals surface area (Å²) in [4.78, 5) is 25.2. The number of carbonyl (C=O) groups is 2. The number of esters is 2.